The molecule has 1 aromatic rings. The molecule has 1 aromatic carbocycles. The highest BCUT2D eigenvalue weighted by Gasteiger charge is 2.23. The summed E-state index contributed by atoms with van der Waals surface area (Å²) in [6.07, 6.45) is 2.07. The van der Waals surface area contributed by atoms with Gasteiger partial charge in [-0.1, -0.05) is 6.92 Å². The molecule has 0 aliphatic carbocycles. The SMILES string of the molecule is CC1CCN(c2ccc([N+](=O)[O-])cc2C(=O)NCCO)CC1. The molecule has 7 nitrogen and oxygen atoms in total. The van der Waals surface area contributed by atoms with Gasteiger partial charge >= 0.3 is 0 Å². The maximum absolute atomic E-state index is 12.2. The number of non-ortho nitro benzene ring substituents is 1. The fourth-order valence-electron chi connectivity index (χ4n) is 2.61. The van der Waals surface area contributed by atoms with Gasteiger partial charge in [0, 0.05) is 31.8 Å². The first-order valence-electron chi connectivity index (χ1n) is 7.45. The van der Waals surface area contributed by atoms with Crippen LogP contribution in [-0.4, -0.2) is 42.2 Å². The van der Waals surface area contributed by atoms with Crippen LogP contribution in [-0.2, 0) is 0 Å². The van der Waals surface area contributed by atoms with Crippen LogP contribution in [0.15, 0.2) is 18.2 Å². The first-order chi connectivity index (χ1) is 10.5. The Kier molecular flexibility index (Phi) is 5.32. The molecule has 0 spiro atoms. The minimum Gasteiger partial charge on any atom is -0.395 e. The Bertz CT molecular complexity index is 554. The number of nitro benzene ring substituents is 1. The minimum atomic E-state index is -0.509. The number of benzene rings is 1. The molecule has 1 heterocycles. The molecule has 2 rings (SSSR count). The third-order valence-electron chi connectivity index (χ3n) is 3.96. The Labute approximate surface area is 129 Å². The topological polar surface area (TPSA) is 95.7 Å². The molecule has 0 radical (unpaired) electrons. The summed E-state index contributed by atoms with van der Waals surface area (Å²) < 4.78 is 0. The van der Waals surface area contributed by atoms with E-state index in [9.17, 15) is 14.9 Å². The molecule has 0 bridgehead atoms. The van der Waals surface area contributed by atoms with Crippen molar-refractivity contribution in [2.75, 3.05) is 31.1 Å². The number of amides is 1. The number of nitrogens with one attached hydrogen (secondary N) is 1. The van der Waals surface area contributed by atoms with Gasteiger partial charge in [0.2, 0.25) is 0 Å². The maximum Gasteiger partial charge on any atom is 0.270 e. The Balaban J connectivity index is 2.31. The lowest BCUT2D eigenvalue weighted by atomic mass is 9.98. The molecule has 1 fully saturated rings. The monoisotopic (exact) mass is 307 g/mol. The second kappa shape index (κ2) is 7.22. The third-order valence-corrected chi connectivity index (χ3v) is 3.96. The molecule has 2 N–H and O–H groups in total. The molecule has 1 amide bonds. The molecule has 0 aromatic heterocycles. The van der Waals surface area contributed by atoms with E-state index in [1.54, 1.807) is 6.07 Å². The smallest absolute Gasteiger partial charge is 0.270 e. The molecule has 1 aliphatic rings. The van der Waals surface area contributed by atoms with Gasteiger partial charge < -0.3 is 15.3 Å². The average Bonchev–Trinajstić information content (AvgIpc) is 2.52. The van der Waals surface area contributed by atoms with Gasteiger partial charge in [0.05, 0.1) is 22.8 Å². The first-order valence-corrected chi connectivity index (χ1v) is 7.45. The standard InChI is InChI=1S/C15H21N3O4/c1-11-4-7-17(8-5-11)14-3-2-12(18(21)22)10-13(14)15(20)16-6-9-19/h2-3,10-11,19H,4-9H2,1H3,(H,16,20). The second-order valence-electron chi connectivity index (χ2n) is 5.61. The number of hydrogen-bond acceptors (Lipinski definition) is 5. The molecule has 0 atom stereocenters. The molecular weight excluding hydrogens is 286 g/mol. The number of aliphatic hydroxyl groups excluding tert-OH is 1. The first kappa shape index (κ1) is 16.2. The molecule has 7 heteroatoms. The van der Waals surface area contributed by atoms with Crippen LogP contribution >= 0.6 is 0 Å². The van der Waals surface area contributed by atoms with Crippen molar-refractivity contribution >= 4 is 17.3 Å². The number of carbonyl (C=O) groups is 1. The Morgan fingerprint density at radius 2 is 2.14 bits per heavy atom. The lowest BCUT2D eigenvalue weighted by molar-refractivity contribution is -0.384. The number of rotatable bonds is 5. The Hall–Kier alpha value is -2.15. The number of anilines is 1. The number of nitrogens with zero attached hydrogens (tertiary/aromatic N) is 2. The summed E-state index contributed by atoms with van der Waals surface area (Å²) in [5.41, 5.74) is 0.897. The van der Waals surface area contributed by atoms with E-state index >= 15 is 0 Å². The van der Waals surface area contributed by atoms with Crippen LogP contribution in [0.25, 0.3) is 0 Å². The summed E-state index contributed by atoms with van der Waals surface area (Å²) in [6.45, 7) is 3.82. The van der Waals surface area contributed by atoms with Crippen molar-refractivity contribution in [1.82, 2.24) is 5.32 Å². The number of nitro groups is 1. The molecular formula is C15H21N3O4. The van der Waals surface area contributed by atoms with Crippen LogP contribution in [0.1, 0.15) is 30.1 Å². The lowest BCUT2D eigenvalue weighted by Crippen LogP contribution is -2.35. The van der Waals surface area contributed by atoms with Gasteiger partial charge in [-0.2, -0.15) is 0 Å². The molecule has 1 saturated heterocycles. The van der Waals surface area contributed by atoms with Gasteiger partial charge in [0.25, 0.3) is 11.6 Å². The minimum absolute atomic E-state index is 0.108. The maximum atomic E-state index is 12.2. The molecule has 1 aliphatic heterocycles. The highest BCUT2D eigenvalue weighted by atomic mass is 16.6. The van der Waals surface area contributed by atoms with E-state index in [0.29, 0.717) is 11.6 Å². The van der Waals surface area contributed by atoms with Crippen LogP contribution < -0.4 is 10.2 Å². The van der Waals surface area contributed by atoms with E-state index in [2.05, 4.69) is 17.1 Å². The van der Waals surface area contributed by atoms with Crippen molar-refractivity contribution in [2.24, 2.45) is 5.92 Å². The summed E-state index contributed by atoms with van der Waals surface area (Å²) in [5, 5.41) is 22.3. The van der Waals surface area contributed by atoms with E-state index < -0.39 is 10.8 Å². The highest BCUT2D eigenvalue weighted by Crippen LogP contribution is 2.29. The summed E-state index contributed by atoms with van der Waals surface area (Å²) in [6, 6.07) is 4.37. The second-order valence-corrected chi connectivity index (χ2v) is 5.61. The summed E-state index contributed by atoms with van der Waals surface area (Å²) in [5.74, 6) is 0.257. The largest absolute Gasteiger partial charge is 0.395 e. The number of aliphatic hydroxyl groups is 1. The zero-order valence-corrected chi connectivity index (χ0v) is 12.6. The van der Waals surface area contributed by atoms with Crippen molar-refractivity contribution in [3.8, 4) is 0 Å². The third kappa shape index (κ3) is 3.73. The van der Waals surface area contributed by atoms with E-state index in [-0.39, 0.29) is 24.4 Å². The van der Waals surface area contributed by atoms with Crippen molar-refractivity contribution in [1.29, 1.82) is 0 Å². The molecule has 0 saturated carbocycles. The summed E-state index contributed by atoms with van der Waals surface area (Å²) in [7, 11) is 0. The predicted molar refractivity (Wildman–Crippen MR) is 83.1 cm³/mol. The van der Waals surface area contributed by atoms with E-state index in [1.165, 1.54) is 12.1 Å². The summed E-state index contributed by atoms with van der Waals surface area (Å²) >= 11 is 0. The zero-order chi connectivity index (χ0) is 16.1. The predicted octanol–water partition coefficient (Wildman–Crippen LogP) is 1.55. The van der Waals surface area contributed by atoms with Gasteiger partial charge in [0.15, 0.2) is 0 Å². The van der Waals surface area contributed by atoms with Gasteiger partial charge in [-0.05, 0) is 24.8 Å². The quantitative estimate of drug-likeness (QED) is 0.635. The Morgan fingerprint density at radius 3 is 2.73 bits per heavy atom. The van der Waals surface area contributed by atoms with Crippen molar-refractivity contribution in [2.45, 2.75) is 19.8 Å². The van der Waals surface area contributed by atoms with Gasteiger partial charge in [0.1, 0.15) is 0 Å². The molecule has 0 unspecified atom stereocenters. The van der Waals surface area contributed by atoms with Crippen LogP contribution in [0.5, 0.6) is 0 Å². The number of hydrogen-bond donors (Lipinski definition) is 2. The lowest BCUT2D eigenvalue weighted by Gasteiger charge is -2.33. The normalized spacial score (nSPS) is 15.6. The summed E-state index contributed by atoms with van der Waals surface area (Å²) in [4.78, 5) is 24.8. The molecule has 22 heavy (non-hydrogen) atoms. The fourth-order valence-corrected chi connectivity index (χ4v) is 2.61. The average molecular weight is 307 g/mol. The highest BCUT2D eigenvalue weighted by molar-refractivity contribution is 6.00. The van der Waals surface area contributed by atoms with Crippen molar-refractivity contribution in [3.05, 3.63) is 33.9 Å². The Morgan fingerprint density at radius 1 is 1.45 bits per heavy atom. The zero-order valence-electron chi connectivity index (χ0n) is 12.6. The fraction of sp³-hybridized carbons (Fsp3) is 0.533. The van der Waals surface area contributed by atoms with E-state index in [4.69, 9.17) is 5.11 Å². The number of carbonyl (C=O) groups excluding carboxylic acids is 1. The van der Waals surface area contributed by atoms with Crippen LogP contribution in [0.4, 0.5) is 11.4 Å². The van der Waals surface area contributed by atoms with Crippen LogP contribution in [0.2, 0.25) is 0 Å². The number of piperidine rings is 1. The van der Waals surface area contributed by atoms with E-state index in [0.717, 1.165) is 25.9 Å². The van der Waals surface area contributed by atoms with Crippen molar-refractivity contribution in [3.63, 3.8) is 0 Å². The van der Waals surface area contributed by atoms with E-state index in [1.807, 2.05) is 0 Å². The van der Waals surface area contributed by atoms with Crippen molar-refractivity contribution < 1.29 is 14.8 Å². The van der Waals surface area contributed by atoms with Crippen LogP contribution in [0, 0.1) is 16.0 Å². The van der Waals surface area contributed by atoms with Crippen LogP contribution in [0.3, 0.4) is 0 Å². The van der Waals surface area contributed by atoms with Gasteiger partial charge in [-0.3, -0.25) is 14.9 Å². The molecule has 120 valence electrons. The van der Waals surface area contributed by atoms with Gasteiger partial charge in [-0.25, -0.2) is 0 Å². The van der Waals surface area contributed by atoms with Gasteiger partial charge in [-0.15, -0.1) is 0 Å².